The Labute approximate surface area is 158 Å². The molecule has 7 heteroatoms. The summed E-state index contributed by atoms with van der Waals surface area (Å²) in [6.07, 6.45) is 9.18. The molecule has 0 N–H and O–H groups in total. The number of nitrogens with zero attached hydrogens (tertiary/aromatic N) is 4. The minimum atomic E-state index is -0.0222. The molecule has 27 heavy (non-hydrogen) atoms. The number of hydrogen-bond donors (Lipinski definition) is 0. The monoisotopic (exact) mass is 368 g/mol. The zero-order valence-electron chi connectivity index (χ0n) is 15.6. The molecule has 0 aromatic carbocycles. The molecule has 2 atom stereocenters. The van der Waals surface area contributed by atoms with Crippen LogP contribution in [0.5, 0.6) is 6.01 Å². The second kappa shape index (κ2) is 6.32. The Morgan fingerprint density at radius 1 is 1.33 bits per heavy atom. The highest BCUT2D eigenvalue weighted by atomic mass is 16.5. The molecule has 3 heterocycles. The van der Waals surface area contributed by atoms with E-state index in [4.69, 9.17) is 9.26 Å². The SMILES string of the molecule is Cc1cnc(OCC23CCCC2CN(C(=O)c2cc(C4CC4)on2)C3)nc1. The molecule has 2 aromatic heterocycles. The van der Waals surface area contributed by atoms with Crippen molar-refractivity contribution in [2.45, 2.75) is 44.9 Å². The zero-order valence-corrected chi connectivity index (χ0v) is 15.6. The van der Waals surface area contributed by atoms with Gasteiger partial charge in [0, 0.05) is 42.9 Å². The Bertz CT molecular complexity index is 845. The quantitative estimate of drug-likeness (QED) is 0.807. The lowest BCUT2D eigenvalue weighted by atomic mass is 9.82. The minimum Gasteiger partial charge on any atom is -0.463 e. The number of carbonyl (C=O) groups is 1. The van der Waals surface area contributed by atoms with Crippen LogP contribution in [0.15, 0.2) is 23.0 Å². The summed E-state index contributed by atoms with van der Waals surface area (Å²) >= 11 is 0. The lowest BCUT2D eigenvalue weighted by Gasteiger charge is -2.28. The molecule has 2 aromatic rings. The summed E-state index contributed by atoms with van der Waals surface area (Å²) in [7, 11) is 0. The summed E-state index contributed by atoms with van der Waals surface area (Å²) < 4.78 is 11.3. The van der Waals surface area contributed by atoms with Crippen LogP contribution in [0.4, 0.5) is 0 Å². The van der Waals surface area contributed by atoms with Crippen molar-refractivity contribution in [3.8, 4) is 6.01 Å². The average molecular weight is 368 g/mol. The maximum absolute atomic E-state index is 12.9. The van der Waals surface area contributed by atoms with E-state index in [0.29, 0.717) is 36.7 Å². The molecule has 1 saturated heterocycles. The first kappa shape index (κ1) is 16.7. The molecule has 0 radical (unpaired) electrons. The molecule has 0 bridgehead atoms. The van der Waals surface area contributed by atoms with E-state index in [2.05, 4.69) is 15.1 Å². The van der Waals surface area contributed by atoms with Crippen LogP contribution in [0, 0.1) is 18.3 Å². The molecule has 142 valence electrons. The molecule has 1 aliphatic heterocycles. The lowest BCUT2D eigenvalue weighted by Crippen LogP contribution is -2.36. The maximum Gasteiger partial charge on any atom is 0.316 e. The number of fused-ring (bicyclic) bond motifs is 1. The Hall–Kier alpha value is -2.44. The van der Waals surface area contributed by atoms with E-state index in [1.54, 1.807) is 12.4 Å². The van der Waals surface area contributed by atoms with Gasteiger partial charge in [-0.2, -0.15) is 0 Å². The van der Waals surface area contributed by atoms with Crippen LogP contribution >= 0.6 is 0 Å². The lowest BCUT2D eigenvalue weighted by molar-refractivity contribution is 0.0732. The van der Waals surface area contributed by atoms with Crippen LogP contribution in [0.25, 0.3) is 0 Å². The highest BCUT2D eigenvalue weighted by Crippen LogP contribution is 2.49. The Balaban J connectivity index is 1.28. The number of rotatable bonds is 5. The molecule has 5 rings (SSSR count). The normalized spacial score (nSPS) is 27.0. The van der Waals surface area contributed by atoms with Crippen molar-refractivity contribution in [1.82, 2.24) is 20.0 Å². The Morgan fingerprint density at radius 3 is 2.93 bits per heavy atom. The Morgan fingerprint density at radius 2 is 2.15 bits per heavy atom. The smallest absolute Gasteiger partial charge is 0.316 e. The van der Waals surface area contributed by atoms with Crippen molar-refractivity contribution in [2.24, 2.45) is 11.3 Å². The summed E-state index contributed by atoms with van der Waals surface area (Å²) in [5.74, 6) is 1.76. The van der Waals surface area contributed by atoms with Gasteiger partial charge in [-0.25, -0.2) is 9.97 Å². The number of amides is 1. The van der Waals surface area contributed by atoms with Gasteiger partial charge in [-0.05, 0) is 44.1 Å². The molecule has 3 fully saturated rings. The molecule has 2 aliphatic carbocycles. The van der Waals surface area contributed by atoms with Gasteiger partial charge >= 0.3 is 6.01 Å². The van der Waals surface area contributed by atoms with Gasteiger partial charge in [-0.15, -0.1) is 0 Å². The predicted molar refractivity (Wildman–Crippen MR) is 96.4 cm³/mol. The zero-order chi connectivity index (χ0) is 18.4. The van der Waals surface area contributed by atoms with Crippen LogP contribution in [0.1, 0.15) is 59.8 Å². The van der Waals surface area contributed by atoms with Gasteiger partial charge in [-0.1, -0.05) is 11.6 Å². The average Bonchev–Trinajstić information content (AvgIpc) is 3.12. The number of carbonyl (C=O) groups excluding carboxylic acids is 1. The topological polar surface area (TPSA) is 81.4 Å². The van der Waals surface area contributed by atoms with Gasteiger partial charge in [0.05, 0.1) is 6.61 Å². The highest BCUT2D eigenvalue weighted by molar-refractivity contribution is 5.92. The van der Waals surface area contributed by atoms with E-state index in [1.807, 2.05) is 17.9 Å². The second-order valence-corrected chi connectivity index (χ2v) is 8.36. The van der Waals surface area contributed by atoms with Gasteiger partial charge in [0.25, 0.3) is 5.91 Å². The summed E-state index contributed by atoms with van der Waals surface area (Å²) in [5.41, 5.74) is 1.44. The summed E-state index contributed by atoms with van der Waals surface area (Å²) in [4.78, 5) is 23.3. The number of ether oxygens (including phenoxy) is 1. The van der Waals surface area contributed by atoms with E-state index >= 15 is 0 Å². The molecule has 3 aliphatic rings. The van der Waals surface area contributed by atoms with E-state index < -0.39 is 0 Å². The first-order valence-electron chi connectivity index (χ1n) is 9.80. The minimum absolute atomic E-state index is 0.00698. The van der Waals surface area contributed by atoms with Gasteiger partial charge in [-0.3, -0.25) is 4.79 Å². The van der Waals surface area contributed by atoms with Gasteiger partial charge in [0.2, 0.25) is 0 Å². The van der Waals surface area contributed by atoms with E-state index in [9.17, 15) is 4.79 Å². The van der Waals surface area contributed by atoms with Crippen LogP contribution in [0.3, 0.4) is 0 Å². The third-order valence-electron chi connectivity index (χ3n) is 6.30. The van der Waals surface area contributed by atoms with Crippen LogP contribution < -0.4 is 4.74 Å². The summed E-state index contributed by atoms with van der Waals surface area (Å²) in [5, 5.41) is 4.02. The number of likely N-dealkylation sites (tertiary alicyclic amines) is 1. The molecular weight excluding hydrogens is 344 g/mol. The summed E-state index contributed by atoms with van der Waals surface area (Å²) in [6, 6.07) is 2.24. The fourth-order valence-corrected chi connectivity index (χ4v) is 4.58. The fourth-order valence-electron chi connectivity index (χ4n) is 4.58. The highest BCUT2D eigenvalue weighted by Gasteiger charge is 2.51. The molecule has 0 spiro atoms. The number of hydrogen-bond acceptors (Lipinski definition) is 6. The van der Waals surface area contributed by atoms with E-state index in [0.717, 1.165) is 43.6 Å². The third-order valence-corrected chi connectivity index (χ3v) is 6.30. The van der Waals surface area contributed by atoms with Crippen molar-refractivity contribution in [2.75, 3.05) is 19.7 Å². The fraction of sp³-hybridized carbons (Fsp3) is 0.600. The van der Waals surface area contributed by atoms with E-state index in [1.165, 1.54) is 6.42 Å². The predicted octanol–water partition coefficient (Wildman–Crippen LogP) is 2.97. The first-order chi connectivity index (χ1) is 13.1. The largest absolute Gasteiger partial charge is 0.463 e. The molecule has 1 amide bonds. The maximum atomic E-state index is 12.9. The molecule has 2 unspecified atom stereocenters. The van der Waals surface area contributed by atoms with Crippen LogP contribution in [-0.2, 0) is 0 Å². The van der Waals surface area contributed by atoms with Gasteiger partial charge in [0.15, 0.2) is 5.69 Å². The number of aryl methyl sites for hydroxylation is 1. The van der Waals surface area contributed by atoms with Crippen molar-refractivity contribution >= 4 is 5.91 Å². The summed E-state index contributed by atoms with van der Waals surface area (Å²) in [6.45, 7) is 3.97. The molecule has 7 nitrogen and oxygen atoms in total. The molecular formula is C20H24N4O3. The van der Waals surface area contributed by atoms with Crippen molar-refractivity contribution in [3.63, 3.8) is 0 Å². The number of aromatic nitrogens is 3. The van der Waals surface area contributed by atoms with Crippen LogP contribution in [-0.4, -0.2) is 45.6 Å². The van der Waals surface area contributed by atoms with Crippen molar-refractivity contribution < 1.29 is 14.1 Å². The third kappa shape index (κ3) is 3.09. The van der Waals surface area contributed by atoms with Crippen molar-refractivity contribution in [1.29, 1.82) is 0 Å². The van der Waals surface area contributed by atoms with E-state index in [-0.39, 0.29) is 11.3 Å². The molecule has 2 saturated carbocycles. The Kier molecular flexibility index (Phi) is 3.91. The van der Waals surface area contributed by atoms with Gasteiger partial charge in [0.1, 0.15) is 5.76 Å². The van der Waals surface area contributed by atoms with Crippen LogP contribution in [0.2, 0.25) is 0 Å². The van der Waals surface area contributed by atoms with Crippen molar-refractivity contribution in [3.05, 3.63) is 35.5 Å². The second-order valence-electron chi connectivity index (χ2n) is 8.36. The van der Waals surface area contributed by atoms with Gasteiger partial charge < -0.3 is 14.2 Å². The first-order valence-corrected chi connectivity index (χ1v) is 9.80. The standard InChI is InChI=1S/C20H24N4O3/c1-13-8-21-19(22-9-13)26-12-20-6-2-3-15(20)10-24(11-20)18(25)16-7-17(27-23-16)14-4-5-14/h7-9,14-15H,2-6,10-12H2,1H3.